The van der Waals surface area contributed by atoms with Gasteiger partial charge in [0.15, 0.2) is 13.9 Å². The average Bonchev–Trinajstić information content (AvgIpc) is 2.91. The first kappa shape index (κ1) is 23.9. The number of rotatable bonds is 7. The van der Waals surface area contributed by atoms with Crippen molar-refractivity contribution in [2.24, 2.45) is 11.8 Å². The molecule has 164 valence electrons. The topological polar surface area (TPSA) is 64.6 Å². The fourth-order valence-electron chi connectivity index (χ4n) is 4.39. The van der Waals surface area contributed by atoms with Gasteiger partial charge in [-0.3, -0.25) is 4.79 Å². The van der Waals surface area contributed by atoms with Crippen molar-refractivity contribution in [3.05, 3.63) is 24.8 Å². The van der Waals surface area contributed by atoms with Crippen molar-refractivity contribution < 1.29 is 18.8 Å². The largest absolute Gasteiger partial charge is 0.467 e. The number of carbonyl (C=O) groups excluding carboxylic acids is 2. The van der Waals surface area contributed by atoms with Crippen molar-refractivity contribution in [3.63, 3.8) is 0 Å². The summed E-state index contributed by atoms with van der Waals surface area (Å²) in [6.45, 7) is 18.9. The number of carbonyl (C=O) groups is 2. The molecule has 1 heterocycles. The lowest BCUT2D eigenvalue weighted by Crippen LogP contribution is -2.65. The molecular weight excluding hydrogens is 382 g/mol. The number of hydrogen-bond donors (Lipinski definition) is 1. The Balaban J connectivity index is 2.59. The van der Waals surface area contributed by atoms with E-state index >= 15 is 0 Å². The molecule has 6 heteroatoms. The van der Waals surface area contributed by atoms with E-state index in [1.807, 2.05) is 0 Å². The summed E-state index contributed by atoms with van der Waals surface area (Å²) in [5.41, 5.74) is -0.777. The molecule has 1 N–H and O–H groups in total. The van der Waals surface area contributed by atoms with E-state index in [-0.39, 0.29) is 16.9 Å². The second-order valence-corrected chi connectivity index (χ2v) is 14.8. The minimum atomic E-state index is -2.24. The molecule has 0 bridgehead atoms. The molecule has 5 nitrogen and oxygen atoms in total. The summed E-state index contributed by atoms with van der Waals surface area (Å²) < 4.78 is 12.2. The molecule has 1 saturated heterocycles. The molecule has 1 aliphatic heterocycles. The maximum atomic E-state index is 13.3. The lowest BCUT2D eigenvalue weighted by molar-refractivity contribution is -0.153. The van der Waals surface area contributed by atoms with Gasteiger partial charge in [-0.1, -0.05) is 52.7 Å². The lowest BCUT2D eigenvalue weighted by Gasteiger charge is -2.48. The minimum absolute atomic E-state index is 0.0261. The SMILES string of the molecule is C=CC[C@@H]1C(=C)[C@@](C(=O)OC)([C@@H](O[Si](C)(C)C(C)(C)C)C2CCCCC2)NC1=O. The predicted molar refractivity (Wildman–Crippen MR) is 119 cm³/mol. The third-order valence-corrected chi connectivity index (χ3v) is 11.7. The van der Waals surface area contributed by atoms with Crippen LogP contribution in [0.5, 0.6) is 0 Å². The van der Waals surface area contributed by atoms with E-state index in [0.29, 0.717) is 12.0 Å². The molecule has 29 heavy (non-hydrogen) atoms. The highest BCUT2D eigenvalue weighted by molar-refractivity contribution is 6.74. The van der Waals surface area contributed by atoms with Crippen molar-refractivity contribution >= 4 is 20.2 Å². The van der Waals surface area contributed by atoms with Crippen molar-refractivity contribution in [3.8, 4) is 0 Å². The average molecular weight is 422 g/mol. The number of esters is 1. The van der Waals surface area contributed by atoms with Crippen LogP contribution in [-0.4, -0.2) is 38.9 Å². The van der Waals surface area contributed by atoms with Crippen LogP contribution in [0.15, 0.2) is 24.8 Å². The maximum absolute atomic E-state index is 13.3. The zero-order valence-corrected chi connectivity index (χ0v) is 20.1. The second-order valence-electron chi connectivity index (χ2n) is 10.1. The van der Waals surface area contributed by atoms with E-state index in [2.05, 4.69) is 52.3 Å². The molecular formula is C23H39NO4Si. The number of amides is 1. The first-order chi connectivity index (χ1) is 13.4. The molecule has 0 aromatic heterocycles. The summed E-state index contributed by atoms with van der Waals surface area (Å²) in [5, 5.41) is 2.98. The molecule has 2 fully saturated rings. The molecule has 1 aliphatic carbocycles. The monoisotopic (exact) mass is 421 g/mol. The van der Waals surface area contributed by atoms with Gasteiger partial charge in [0, 0.05) is 0 Å². The van der Waals surface area contributed by atoms with Gasteiger partial charge in [-0.2, -0.15) is 0 Å². The van der Waals surface area contributed by atoms with Crippen LogP contribution in [0.3, 0.4) is 0 Å². The number of ether oxygens (including phenoxy) is 1. The van der Waals surface area contributed by atoms with Gasteiger partial charge in [0.25, 0.3) is 0 Å². The highest BCUT2D eigenvalue weighted by Gasteiger charge is 2.61. The van der Waals surface area contributed by atoms with Crippen LogP contribution in [0.1, 0.15) is 59.3 Å². The Morgan fingerprint density at radius 3 is 2.38 bits per heavy atom. The molecule has 0 aromatic carbocycles. The van der Waals surface area contributed by atoms with Crippen LogP contribution >= 0.6 is 0 Å². The van der Waals surface area contributed by atoms with E-state index in [1.165, 1.54) is 13.5 Å². The molecule has 0 spiro atoms. The first-order valence-electron chi connectivity index (χ1n) is 10.8. The molecule has 0 aromatic rings. The highest BCUT2D eigenvalue weighted by atomic mass is 28.4. The predicted octanol–water partition coefficient (Wildman–Crippen LogP) is 4.75. The molecule has 3 atom stereocenters. The van der Waals surface area contributed by atoms with Gasteiger partial charge in [-0.25, -0.2) is 4.79 Å². The van der Waals surface area contributed by atoms with Gasteiger partial charge in [0.2, 0.25) is 5.91 Å². The molecule has 2 rings (SSSR count). The Hall–Kier alpha value is -1.40. The molecule has 0 radical (unpaired) electrons. The zero-order chi connectivity index (χ0) is 22.0. The molecule has 1 saturated carbocycles. The molecule has 2 aliphatic rings. The van der Waals surface area contributed by atoms with Gasteiger partial charge in [0.05, 0.1) is 19.1 Å². The van der Waals surface area contributed by atoms with Crippen LogP contribution in [0.2, 0.25) is 18.1 Å². The van der Waals surface area contributed by atoms with E-state index < -0.39 is 31.8 Å². The van der Waals surface area contributed by atoms with Crippen molar-refractivity contribution in [2.75, 3.05) is 7.11 Å². The number of methoxy groups -OCH3 is 1. The Kier molecular flexibility index (Phi) is 7.21. The van der Waals surface area contributed by atoms with E-state index in [1.54, 1.807) is 6.08 Å². The van der Waals surface area contributed by atoms with E-state index in [9.17, 15) is 9.59 Å². The summed E-state index contributed by atoms with van der Waals surface area (Å²) in [7, 11) is -0.868. The summed E-state index contributed by atoms with van der Waals surface area (Å²) in [4.78, 5) is 26.2. The van der Waals surface area contributed by atoms with Crippen molar-refractivity contribution in [2.45, 2.75) is 89.1 Å². The Morgan fingerprint density at radius 1 is 1.31 bits per heavy atom. The maximum Gasteiger partial charge on any atom is 0.338 e. The molecule has 0 unspecified atom stereocenters. The lowest BCUT2D eigenvalue weighted by atomic mass is 9.73. The van der Waals surface area contributed by atoms with Crippen LogP contribution in [0.25, 0.3) is 0 Å². The summed E-state index contributed by atoms with van der Waals surface area (Å²) in [5.74, 6) is -0.978. The second kappa shape index (κ2) is 8.76. The first-order valence-corrected chi connectivity index (χ1v) is 13.7. The standard InChI is InChI=1S/C23H39NO4Si/c1-9-13-18-16(2)23(21(26)27-6,24-20(18)25)19(17-14-11-10-12-15-17)28-29(7,8)22(3,4)5/h9,17-19H,1-2,10-15H2,3-8H3,(H,24,25)/t18-,19+,23+/m1/s1. The Labute approximate surface area is 177 Å². The van der Waals surface area contributed by atoms with Gasteiger partial charge in [0.1, 0.15) is 0 Å². The zero-order valence-electron chi connectivity index (χ0n) is 19.1. The van der Waals surface area contributed by atoms with Crippen LogP contribution < -0.4 is 5.32 Å². The highest BCUT2D eigenvalue weighted by Crippen LogP contribution is 2.47. The van der Waals surface area contributed by atoms with Crippen LogP contribution in [0.4, 0.5) is 0 Å². The Morgan fingerprint density at radius 2 is 1.90 bits per heavy atom. The Bertz CT molecular complexity index is 660. The van der Waals surface area contributed by atoms with Gasteiger partial charge >= 0.3 is 5.97 Å². The summed E-state index contributed by atoms with van der Waals surface area (Å²) >= 11 is 0. The van der Waals surface area contributed by atoms with Crippen LogP contribution in [-0.2, 0) is 18.8 Å². The van der Waals surface area contributed by atoms with Gasteiger partial charge < -0.3 is 14.5 Å². The summed E-state index contributed by atoms with van der Waals surface area (Å²) in [6, 6.07) is 0. The van der Waals surface area contributed by atoms with Crippen molar-refractivity contribution in [1.82, 2.24) is 5.32 Å². The number of hydrogen-bond acceptors (Lipinski definition) is 4. The van der Waals surface area contributed by atoms with Crippen LogP contribution in [0, 0.1) is 11.8 Å². The van der Waals surface area contributed by atoms with Crippen molar-refractivity contribution in [1.29, 1.82) is 0 Å². The van der Waals surface area contributed by atoms with E-state index in [4.69, 9.17) is 9.16 Å². The quantitative estimate of drug-likeness (QED) is 0.366. The number of allylic oxidation sites excluding steroid dienone is 1. The normalized spacial score (nSPS) is 27.4. The van der Waals surface area contributed by atoms with Gasteiger partial charge in [-0.15, -0.1) is 6.58 Å². The fourth-order valence-corrected chi connectivity index (χ4v) is 5.75. The molecule has 1 amide bonds. The van der Waals surface area contributed by atoms with E-state index in [0.717, 1.165) is 25.7 Å². The third kappa shape index (κ3) is 4.38. The smallest absolute Gasteiger partial charge is 0.338 e. The minimum Gasteiger partial charge on any atom is -0.467 e. The third-order valence-electron chi connectivity index (χ3n) is 7.21. The van der Waals surface area contributed by atoms with Gasteiger partial charge in [-0.05, 0) is 48.9 Å². The summed E-state index contributed by atoms with van der Waals surface area (Å²) in [6.07, 6.45) is 7.05. The fraction of sp³-hybridized carbons (Fsp3) is 0.739. The number of nitrogens with one attached hydrogen (secondary N) is 1.